The molecule has 0 N–H and O–H groups in total. The van der Waals surface area contributed by atoms with E-state index >= 15 is 0 Å². The largest absolute Gasteiger partial charge is 0.427 e. The van der Waals surface area contributed by atoms with Gasteiger partial charge in [0.05, 0.1) is 5.69 Å². The topological polar surface area (TPSA) is 60.2 Å². The minimum absolute atomic E-state index is 0.0463. The second-order valence-corrected chi connectivity index (χ2v) is 3.29. The highest BCUT2D eigenvalue weighted by Gasteiger charge is 2.21. The van der Waals surface area contributed by atoms with Crippen LogP contribution >= 0.6 is 0 Å². The van der Waals surface area contributed by atoms with Crippen molar-refractivity contribution in [2.24, 2.45) is 0 Å². The quantitative estimate of drug-likeness (QED) is 0.602. The zero-order valence-electron chi connectivity index (χ0n) is 5.96. The number of aromatic nitrogens is 1. The number of hydrogen-bond acceptors (Lipinski definition) is 4. The third-order valence-electron chi connectivity index (χ3n) is 1.08. The predicted molar refractivity (Wildman–Crippen MR) is 34.3 cm³/mol. The van der Waals surface area contributed by atoms with Gasteiger partial charge in [-0.05, 0) is 6.92 Å². The summed E-state index contributed by atoms with van der Waals surface area (Å²) < 4.78 is 37.3. The maximum absolute atomic E-state index is 12.2. The normalized spacial score (nSPS) is 11.9. The van der Waals surface area contributed by atoms with Crippen LogP contribution in [0.4, 0.5) is 3.89 Å². The van der Waals surface area contributed by atoms with Gasteiger partial charge in [0.2, 0.25) is 0 Å². The molecule has 1 aromatic heterocycles. The van der Waals surface area contributed by atoms with Gasteiger partial charge in [-0.3, -0.25) is 0 Å². The van der Waals surface area contributed by atoms with E-state index in [1.165, 1.54) is 13.8 Å². The SMILES string of the molecule is Cc1nc(C)c(S(=O)(=O)F)o1. The molecular weight excluding hydrogens is 173 g/mol. The molecular formula is C5H6FNO3S. The van der Waals surface area contributed by atoms with Crippen LogP contribution in [0.25, 0.3) is 0 Å². The van der Waals surface area contributed by atoms with Gasteiger partial charge in [0, 0.05) is 6.92 Å². The molecule has 0 saturated carbocycles. The molecule has 0 radical (unpaired) electrons. The van der Waals surface area contributed by atoms with E-state index in [1.54, 1.807) is 0 Å². The smallest absolute Gasteiger partial charge is 0.367 e. The van der Waals surface area contributed by atoms with Gasteiger partial charge in [0.15, 0.2) is 5.89 Å². The molecule has 62 valence electrons. The summed E-state index contributed by atoms with van der Waals surface area (Å²) in [5.41, 5.74) is 0.0463. The standard InChI is InChI=1S/C5H6FNO3S/c1-3-5(11(6,8)9)10-4(2)7-3/h1-2H3. The summed E-state index contributed by atoms with van der Waals surface area (Å²) in [5.74, 6) is 0.138. The third kappa shape index (κ3) is 1.56. The second kappa shape index (κ2) is 2.30. The Bertz CT molecular complexity index is 367. The van der Waals surface area contributed by atoms with E-state index in [0.29, 0.717) is 0 Å². The van der Waals surface area contributed by atoms with Crippen LogP contribution < -0.4 is 0 Å². The van der Waals surface area contributed by atoms with Crippen molar-refractivity contribution in [3.63, 3.8) is 0 Å². The fraction of sp³-hybridized carbons (Fsp3) is 0.400. The van der Waals surface area contributed by atoms with E-state index < -0.39 is 15.3 Å². The van der Waals surface area contributed by atoms with E-state index in [1.807, 2.05) is 0 Å². The molecule has 1 heterocycles. The molecule has 0 bridgehead atoms. The fourth-order valence-corrected chi connectivity index (χ4v) is 1.36. The summed E-state index contributed by atoms with van der Waals surface area (Å²) >= 11 is 0. The van der Waals surface area contributed by atoms with Crippen molar-refractivity contribution in [2.75, 3.05) is 0 Å². The van der Waals surface area contributed by atoms with Crippen molar-refractivity contribution in [3.8, 4) is 0 Å². The van der Waals surface area contributed by atoms with Crippen LogP contribution in [0.1, 0.15) is 11.6 Å². The van der Waals surface area contributed by atoms with Gasteiger partial charge in [-0.1, -0.05) is 3.89 Å². The van der Waals surface area contributed by atoms with Crippen molar-refractivity contribution in [2.45, 2.75) is 18.9 Å². The maximum Gasteiger partial charge on any atom is 0.367 e. The Balaban J connectivity index is 3.36. The molecule has 0 spiro atoms. The van der Waals surface area contributed by atoms with Crippen molar-refractivity contribution < 1.29 is 16.7 Å². The fourth-order valence-electron chi connectivity index (χ4n) is 0.739. The molecule has 0 saturated heterocycles. The summed E-state index contributed by atoms with van der Waals surface area (Å²) in [6.07, 6.45) is 0. The van der Waals surface area contributed by atoms with E-state index in [-0.39, 0.29) is 11.6 Å². The van der Waals surface area contributed by atoms with Gasteiger partial charge in [-0.25, -0.2) is 4.98 Å². The Kier molecular flexibility index (Phi) is 1.71. The summed E-state index contributed by atoms with van der Waals surface area (Å²) in [6, 6.07) is 0. The first-order chi connectivity index (χ1) is 4.91. The molecule has 4 nitrogen and oxygen atoms in total. The average molecular weight is 179 g/mol. The Morgan fingerprint density at radius 1 is 1.45 bits per heavy atom. The van der Waals surface area contributed by atoms with E-state index in [2.05, 4.69) is 9.40 Å². The van der Waals surface area contributed by atoms with Crippen LogP contribution in [0.3, 0.4) is 0 Å². The lowest BCUT2D eigenvalue weighted by atomic mass is 10.6. The highest BCUT2D eigenvalue weighted by Crippen LogP contribution is 2.17. The molecule has 0 aliphatic heterocycles. The monoisotopic (exact) mass is 179 g/mol. The summed E-state index contributed by atoms with van der Waals surface area (Å²) in [4.78, 5) is 3.59. The van der Waals surface area contributed by atoms with Gasteiger partial charge >= 0.3 is 10.2 Å². The number of aryl methyl sites for hydroxylation is 2. The molecule has 0 atom stereocenters. The predicted octanol–water partition coefficient (Wildman–Crippen LogP) is 0.950. The van der Waals surface area contributed by atoms with Gasteiger partial charge in [-0.15, -0.1) is 0 Å². The summed E-state index contributed by atoms with van der Waals surface area (Å²) in [6.45, 7) is 2.81. The van der Waals surface area contributed by atoms with Crippen LogP contribution in [0, 0.1) is 13.8 Å². The molecule has 1 rings (SSSR count). The third-order valence-corrected chi connectivity index (χ3v) is 1.90. The lowest BCUT2D eigenvalue weighted by Crippen LogP contribution is -1.91. The molecule has 0 amide bonds. The molecule has 0 aliphatic rings. The van der Waals surface area contributed by atoms with Gasteiger partial charge in [0.1, 0.15) is 0 Å². The highest BCUT2D eigenvalue weighted by molar-refractivity contribution is 7.86. The Morgan fingerprint density at radius 3 is 2.18 bits per heavy atom. The molecule has 1 aromatic rings. The van der Waals surface area contributed by atoms with Crippen LogP contribution in [0.2, 0.25) is 0 Å². The zero-order chi connectivity index (χ0) is 8.65. The Hall–Kier alpha value is -0.910. The van der Waals surface area contributed by atoms with E-state index in [9.17, 15) is 12.3 Å². The maximum atomic E-state index is 12.2. The highest BCUT2D eigenvalue weighted by atomic mass is 32.3. The minimum atomic E-state index is -4.74. The van der Waals surface area contributed by atoms with Crippen LogP contribution in [-0.2, 0) is 10.2 Å². The van der Waals surface area contributed by atoms with Crippen molar-refractivity contribution in [3.05, 3.63) is 11.6 Å². The van der Waals surface area contributed by atoms with E-state index in [4.69, 9.17) is 0 Å². The number of nitrogens with zero attached hydrogens (tertiary/aromatic N) is 1. The Labute approximate surface area is 63.3 Å². The van der Waals surface area contributed by atoms with Gasteiger partial charge < -0.3 is 4.42 Å². The van der Waals surface area contributed by atoms with E-state index in [0.717, 1.165) is 0 Å². The molecule has 0 fully saturated rings. The minimum Gasteiger partial charge on any atom is -0.427 e. The Morgan fingerprint density at radius 2 is 2.00 bits per heavy atom. The number of rotatable bonds is 1. The van der Waals surface area contributed by atoms with Crippen LogP contribution in [-0.4, -0.2) is 13.4 Å². The zero-order valence-corrected chi connectivity index (χ0v) is 6.77. The first-order valence-electron chi connectivity index (χ1n) is 2.80. The summed E-state index contributed by atoms with van der Waals surface area (Å²) in [5, 5.41) is -0.699. The van der Waals surface area contributed by atoms with Gasteiger partial charge in [0.25, 0.3) is 5.09 Å². The molecule has 6 heteroatoms. The molecule has 0 unspecified atom stereocenters. The van der Waals surface area contributed by atoms with Crippen molar-refractivity contribution >= 4 is 10.2 Å². The summed E-state index contributed by atoms with van der Waals surface area (Å²) in [7, 11) is -4.74. The lowest BCUT2D eigenvalue weighted by Gasteiger charge is -1.85. The molecule has 11 heavy (non-hydrogen) atoms. The lowest BCUT2D eigenvalue weighted by molar-refractivity contribution is 0.409. The van der Waals surface area contributed by atoms with Crippen LogP contribution in [0.5, 0.6) is 0 Å². The van der Waals surface area contributed by atoms with Gasteiger partial charge in [-0.2, -0.15) is 8.42 Å². The number of oxazole rings is 1. The molecule has 0 aliphatic carbocycles. The second-order valence-electron chi connectivity index (χ2n) is 2.04. The number of hydrogen-bond donors (Lipinski definition) is 0. The van der Waals surface area contributed by atoms with Crippen molar-refractivity contribution in [1.29, 1.82) is 0 Å². The van der Waals surface area contributed by atoms with Crippen LogP contribution in [0.15, 0.2) is 9.51 Å². The number of halogens is 1. The first kappa shape index (κ1) is 8.19. The molecule has 0 aromatic carbocycles. The van der Waals surface area contributed by atoms with Crippen molar-refractivity contribution in [1.82, 2.24) is 4.98 Å². The first-order valence-corrected chi connectivity index (χ1v) is 4.18. The average Bonchev–Trinajstić information content (AvgIpc) is 2.08.